The van der Waals surface area contributed by atoms with E-state index in [2.05, 4.69) is 47.9 Å². The van der Waals surface area contributed by atoms with E-state index in [1.54, 1.807) is 0 Å². The molecule has 6 heteroatoms. The first-order valence-corrected chi connectivity index (χ1v) is 13.8. The highest BCUT2D eigenvalue weighted by molar-refractivity contribution is 6.97. The van der Waals surface area contributed by atoms with Crippen LogP contribution in [0.2, 0.25) is 38.4 Å². The molecule has 0 spiro atoms. The molecule has 0 aliphatic carbocycles. The molecule has 0 saturated carbocycles. The molecule has 0 atom stereocenters. The second-order valence-electron chi connectivity index (χ2n) is 6.96. The zero-order valence-electron chi connectivity index (χ0n) is 13.8. The molecule has 0 rings (SSSR count). The van der Waals surface area contributed by atoms with E-state index in [-0.39, 0.29) is 0 Å². The van der Waals surface area contributed by atoms with Crippen LogP contribution in [0.15, 0.2) is 11.8 Å². The number of methoxy groups -OCH3 is 2. The van der Waals surface area contributed by atoms with Gasteiger partial charge < -0.3 is 9.47 Å². The fourth-order valence-electron chi connectivity index (χ4n) is 2.52. The summed E-state index contributed by atoms with van der Waals surface area (Å²) in [5.74, 6) is -1.92. The van der Waals surface area contributed by atoms with Crippen LogP contribution < -0.4 is 0 Å². The number of carbonyl (C=O) groups is 2. The maximum Gasteiger partial charge on any atom is 0.320 e. The Balaban J connectivity index is 4.73. The van der Waals surface area contributed by atoms with Crippen molar-refractivity contribution >= 4 is 28.1 Å². The molecule has 0 radical (unpaired) electrons. The van der Waals surface area contributed by atoms with E-state index in [1.807, 2.05) is 6.08 Å². The molecule has 0 aromatic carbocycles. The van der Waals surface area contributed by atoms with E-state index in [9.17, 15) is 9.59 Å². The Hall–Kier alpha value is -0.886. The smallest absolute Gasteiger partial charge is 0.320 e. The Bertz CT molecular complexity index is 354. The monoisotopic (exact) mass is 316 g/mol. The van der Waals surface area contributed by atoms with Crippen LogP contribution in [-0.4, -0.2) is 42.3 Å². The highest BCUT2D eigenvalue weighted by Crippen LogP contribution is 2.21. The van der Waals surface area contributed by atoms with Gasteiger partial charge in [0.05, 0.1) is 22.3 Å². The van der Waals surface area contributed by atoms with Crippen molar-refractivity contribution in [2.24, 2.45) is 5.92 Å². The number of esters is 2. The van der Waals surface area contributed by atoms with Gasteiger partial charge in [-0.25, -0.2) is 0 Å². The van der Waals surface area contributed by atoms with Gasteiger partial charge in [-0.1, -0.05) is 50.2 Å². The third-order valence-electron chi connectivity index (χ3n) is 2.90. The SMILES string of the molecule is COC(=O)C(CC=C[Si](C)(C)C[Si](C)(C)C)C(=O)OC. The first kappa shape index (κ1) is 19.1. The van der Waals surface area contributed by atoms with Crippen molar-refractivity contribution in [1.82, 2.24) is 0 Å². The molecule has 4 nitrogen and oxygen atoms in total. The molecule has 0 N–H and O–H groups in total. The standard InChI is InChI=1S/C14H28O4Si2/c1-17-13(15)12(14(16)18-2)9-8-10-20(6,7)11-19(3,4)5/h8,10,12H,9,11H2,1-7H3. The van der Waals surface area contributed by atoms with Crippen LogP contribution in [0.25, 0.3) is 0 Å². The van der Waals surface area contributed by atoms with Gasteiger partial charge in [0.1, 0.15) is 0 Å². The van der Waals surface area contributed by atoms with Gasteiger partial charge in [0, 0.05) is 8.07 Å². The largest absolute Gasteiger partial charge is 0.468 e. The van der Waals surface area contributed by atoms with Crippen LogP contribution in [0.3, 0.4) is 0 Å². The topological polar surface area (TPSA) is 52.6 Å². The molecule has 0 saturated heterocycles. The van der Waals surface area contributed by atoms with E-state index >= 15 is 0 Å². The van der Waals surface area contributed by atoms with Gasteiger partial charge in [-0.05, 0) is 6.42 Å². The summed E-state index contributed by atoms with van der Waals surface area (Å²) >= 11 is 0. The van der Waals surface area contributed by atoms with Crippen molar-refractivity contribution in [3.63, 3.8) is 0 Å². The predicted octanol–water partition coefficient (Wildman–Crippen LogP) is 3.02. The van der Waals surface area contributed by atoms with Gasteiger partial charge in [-0.2, -0.15) is 0 Å². The molecule has 0 bridgehead atoms. The van der Waals surface area contributed by atoms with Crippen LogP contribution in [0.4, 0.5) is 0 Å². The van der Waals surface area contributed by atoms with Crippen molar-refractivity contribution in [2.45, 2.75) is 44.8 Å². The predicted molar refractivity (Wildman–Crippen MR) is 86.9 cm³/mol. The summed E-state index contributed by atoms with van der Waals surface area (Å²) in [4.78, 5) is 23.1. The number of hydrogen-bond acceptors (Lipinski definition) is 4. The van der Waals surface area contributed by atoms with E-state index in [4.69, 9.17) is 0 Å². The molecule has 0 heterocycles. The van der Waals surface area contributed by atoms with Gasteiger partial charge in [0.2, 0.25) is 0 Å². The molecule has 0 unspecified atom stereocenters. The Kier molecular flexibility index (Phi) is 7.43. The highest BCUT2D eigenvalue weighted by atomic mass is 28.4. The summed E-state index contributed by atoms with van der Waals surface area (Å²) in [6.45, 7) is 11.7. The maximum absolute atomic E-state index is 11.6. The highest BCUT2D eigenvalue weighted by Gasteiger charge is 2.29. The molecule has 116 valence electrons. The van der Waals surface area contributed by atoms with Crippen LogP contribution >= 0.6 is 0 Å². The second kappa shape index (κ2) is 7.78. The van der Waals surface area contributed by atoms with Gasteiger partial charge in [-0.15, -0.1) is 0 Å². The fraction of sp³-hybridized carbons (Fsp3) is 0.714. The van der Waals surface area contributed by atoms with Crippen LogP contribution in [0, 0.1) is 5.92 Å². The zero-order chi connectivity index (χ0) is 16.0. The number of ether oxygens (including phenoxy) is 2. The molecule has 0 fully saturated rings. The zero-order valence-corrected chi connectivity index (χ0v) is 15.8. The molecule has 0 aliphatic rings. The van der Waals surface area contributed by atoms with Crippen molar-refractivity contribution in [3.8, 4) is 0 Å². The third-order valence-corrected chi connectivity index (χ3v) is 11.9. The molecule has 0 aromatic heterocycles. The molecular weight excluding hydrogens is 288 g/mol. The average molecular weight is 317 g/mol. The summed E-state index contributed by atoms with van der Waals surface area (Å²) in [6.07, 6.45) is 2.30. The van der Waals surface area contributed by atoms with Crippen LogP contribution in [0.1, 0.15) is 6.42 Å². The van der Waals surface area contributed by atoms with Crippen molar-refractivity contribution in [2.75, 3.05) is 14.2 Å². The van der Waals surface area contributed by atoms with E-state index in [0.717, 1.165) is 0 Å². The van der Waals surface area contributed by atoms with Crippen molar-refractivity contribution in [3.05, 3.63) is 11.8 Å². The minimum atomic E-state index is -1.42. The lowest BCUT2D eigenvalue weighted by atomic mass is 10.1. The Morgan fingerprint density at radius 3 is 1.80 bits per heavy atom. The Morgan fingerprint density at radius 1 is 1.00 bits per heavy atom. The summed E-state index contributed by atoms with van der Waals surface area (Å²) in [5, 5.41) is 0. The summed E-state index contributed by atoms with van der Waals surface area (Å²) in [6, 6.07) is 0. The second-order valence-corrected chi connectivity index (χ2v) is 17.8. The summed E-state index contributed by atoms with van der Waals surface area (Å²) in [7, 11) is 0.0487. The van der Waals surface area contributed by atoms with Gasteiger partial charge in [0.15, 0.2) is 5.92 Å². The first-order valence-electron chi connectivity index (χ1n) is 6.86. The fourth-order valence-corrected chi connectivity index (χ4v) is 14.7. The maximum atomic E-state index is 11.6. The molecule has 20 heavy (non-hydrogen) atoms. The lowest BCUT2D eigenvalue weighted by molar-refractivity contribution is -0.158. The quantitative estimate of drug-likeness (QED) is 0.411. The van der Waals surface area contributed by atoms with Gasteiger partial charge in [0.25, 0.3) is 0 Å². The Morgan fingerprint density at radius 2 is 1.45 bits per heavy atom. The summed E-state index contributed by atoms with van der Waals surface area (Å²) in [5.41, 5.74) is 3.52. The van der Waals surface area contributed by atoms with E-state index in [1.165, 1.54) is 19.9 Å². The number of allylic oxidation sites excluding steroid dienone is 1. The van der Waals surface area contributed by atoms with Gasteiger partial charge >= 0.3 is 11.9 Å². The number of rotatable bonds is 7. The van der Waals surface area contributed by atoms with Crippen LogP contribution in [-0.2, 0) is 19.1 Å². The normalized spacial score (nSPS) is 12.8. The average Bonchev–Trinajstić information content (AvgIpc) is 2.29. The van der Waals surface area contributed by atoms with Crippen LogP contribution in [0.5, 0.6) is 0 Å². The lowest BCUT2D eigenvalue weighted by Gasteiger charge is -2.26. The number of carbonyl (C=O) groups excluding carboxylic acids is 2. The molecule has 0 aromatic rings. The molecule has 0 amide bonds. The third kappa shape index (κ3) is 7.64. The van der Waals surface area contributed by atoms with Crippen molar-refractivity contribution < 1.29 is 19.1 Å². The summed E-state index contributed by atoms with van der Waals surface area (Å²) < 4.78 is 9.29. The minimum Gasteiger partial charge on any atom is -0.468 e. The first-order chi connectivity index (χ1) is 9.02. The number of hydrogen-bond donors (Lipinski definition) is 0. The molecular formula is C14H28O4Si2. The molecule has 0 aliphatic heterocycles. The van der Waals surface area contributed by atoms with E-state index < -0.39 is 34.0 Å². The van der Waals surface area contributed by atoms with Crippen molar-refractivity contribution in [1.29, 1.82) is 0 Å². The Labute approximate surface area is 124 Å². The lowest BCUT2D eigenvalue weighted by Crippen LogP contribution is -2.36. The van der Waals surface area contributed by atoms with Gasteiger partial charge in [-0.3, -0.25) is 9.59 Å². The van der Waals surface area contributed by atoms with E-state index in [0.29, 0.717) is 6.42 Å². The minimum absolute atomic E-state index is 0.349.